The van der Waals surface area contributed by atoms with Crippen LogP contribution in [-0.4, -0.2) is 18.7 Å². The van der Waals surface area contributed by atoms with Gasteiger partial charge in [0.15, 0.2) is 0 Å². The molecule has 0 heterocycles. The first-order chi connectivity index (χ1) is 9.56. The topological polar surface area (TPSA) is 23.5 Å². The molecule has 0 saturated heterocycles. The lowest BCUT2D eigenvalue weighted by Crippen LogP contribution is -2.20. The molecule has 1 N–H and O–H groups in total. The second-order valence-electron chi connectivity index (χ2n) is 4.76. The highest BCUT2D eigenvalue weighted by Gasteiger charge is 2.11. The van der Waals surface area contributed by atoms with Crippen LogP contribution < -0.4 is 4.90 Å². The molecule has 1 atom stereocenters. The van der Waals surface area contributed by atoms with Gasteiger partial charge in [0, 0.05) is 25.3 Å². The first kappa shape index (κ1) is 14.5. The predicted molar refractivity (Wildman–Crippen MR) is 75.6 cm³/mol. The van der Waals surface area contributed by atoms with Gasteiger partial charge in [0.2, 0.25) is 0 Å². The first-order valence-corrected chi connectivity index (χ1v) is 6.46. The summed E-state index contributed by atoms with van der Waals surface area (Å²) in [5.74, 6) is -1.34. The van der Waals surface area contributed by atoms with E-state index in [4.69, 9.17) is 0 Å². The molecule has 2 nitrogen and oxygen atoms in total. The van der Waals surface area contributed by atoms with Gasteiger partial charge in [-0.05, 0) is 36.2 Å². The molecule has 1 unspecified atom stereocenters. The van der Waals surface area contributed by atoms with E-state index in [2.05, 4.69) is 0 Å². The van der Waals surface area contributed by atoms with E-state index in [0.29, 0.717) is 13.0 Å². The Hall–Kier alpha value is -1.94. The molecule has 2 aromatic carbocycles. The minimum atomic E-state index is -0.883. The van der Waals surface area contributed by atoms with Crippen molar-refractivity contribution in [3.8, 4) is 0 Å². The van der Waals surface area contributed by atoms with Crippen LogP contribution in [0.15, 0.2) is 48.5 Å². The fraction of sp³-hybridized carbons (Fsp3) is 0.250. The Labute approximate surface area is 117 Å². The second kappa shape index (κ2) is 6.48. The average Bonchev–Trinajstić information content (AvgIpc) is 2.44. The molecule has 2 rings (SSSR count). The Morgan fingerprint density at radius 3 is 2.25 bits per heavy atom. The van der Waals surface area contributed by atoms with E-state index in [1.165, 1.54) is 0 Å². The summed E-state index contributed by atoms with van der Waals surface area (Å²) in [6.07, 6.45) is -0.486. The zero-order valence-electron chi connectivity index (χ0n) is 11.3. The van der Waals surface area contributed by atoms with E-state index in [1.54, 1.807) is 0 Å². The van der Waals surface area contributed by atoms with Gasteiger partial charge in [0.25, 0.3) is 0 Å². The van der Waals surface area contributed by atoms with Gasteiger partial charge in [0.1, 0.15) is 11.6 Å². The van der Waals surface area contributed by atoms with Crippen LogP contribution in [0.4, 0.5) is 14.5 Å². The van der Waals surface area contributed by atoms with E-state index in [9.17, 15) is 13.9 Å². The number of aliphatic hydroxyl groups excluding tert-OH is 1. The molecule has 0 aromatic heterocycles. The third-order valence-corrected chi connectivity index (χ3v) is 3.20. The highest BCUT2D eigenvalue weighted by atomic mass is 19.1. The molecule has 0 bridgehead atoms. The minimum Gasteiger partial charge on any atom is -0.388 e. The van der Waals surface area contributed by atoms with Gasteiger partial charge in [-0.2, -0.15) is 0 Å². The summed E-state index contributed by atoms with van der Waals surface area (Å²) in [5.41, 5.74) is 1.30. The SMILES string of the molecule is CN(CCC(O)c1cc(F)cc(F)c1)c1ccccc1. The average molecular weight is 277 g/mol. The van der Waals surface area contributed by atoms with Gasteiger partial charge in [-0.1, -0.05) is 18.2 Å². The maximum atomic E-state index is 13.1. The number of halogens is 2. The standard InChI is InChI=1S/C16H17F2NO/c1-19(15-5-3-2-4-6-15)8-7-16(20)12-9-13(17)11-14(18)10-12/h2-6,9-11,16,20H,7-8H2,1H3. The van der Waals surface area contributed by atoms with Crippen molar-refractivity contribution in [1.29, 1.82) is 0 Å². The lowest BCUT2D eigenvalue weighted by Gasteiger charge is -2.21. The second-order valence-corrected chi connectivity index (χ2v) is 4.76. The van der Waals surface area contributed by atoms with Crippen molar-refractivity contribution in [2.45, 2.75) is 12.5 Å². The highest BCUT2D eigenvalue weighted by Crippen LogP contribution is 2.20. The lowest BCUT2D eigenvalue weighted by molar-refractivity contribution is 0.169. The van der Waals surface area contributed by atoms with E-state index in [0.717, 1.165) is 23.9 Å². The first-order valence-electron chi connectivity index (χ1n) is 6.46. The number of para-hydroxylation sites is 1. The summed E-state index contributed by atoms with van der Waals surface area (Å²) in [4.78, 5) is 1.98. The predicted octanol–water partition coefficient (Wildman–Crippen LogP) is 3.52. The van der Waals surface area contributed by atoms with Crippen LogP contribution in [0, 0.1) is 11.6 Å². The molecule has 0 fully saturated rings. The molecule has 0 aliphatic heterocycles. The Morgan fingerprint density at radius 1 is 1.05 bits per heavy atom. The number of hydrogen-bond donors (Lipinski definition) is 1. The quantitative estimate of drug-likeness (QED) is 0.903. The Kier molecular flexibility index (Phi) is 4.69. The van der Waals surface area contributed by atoms with E-state index < -0.39 is 17.7 Å². The number of benzene rings is 2. The fourth-order valence-corrected chi connectivity index (χ4v) is 2.06. The van der Waals surface area contributed by atoms with Crippen molar-refractivity contribution in [3.63, 3.8) is 0 Å². The molecular formula is C16H17F2NO. The molecule has 0 amide bonds. The van der Waals surface area contributed by atoms with Crippen molar-refractivity contribution in [3.05, 3.63) is 65.7 Å². The summed E-state index contributed by atoms with van der Waals surface area (Å²) >= 11 is 0. The monoisotopic (exact) mass is 277 g/mol. The number of aliphatic hydroxyl groups is 1. The number of nitrogens with zero attached hydrogens (tertiary/aromatic N) is 1. The van der Waals surface area contributed by atoms with Crippen molar-refractivity contribution in [2.75, 3.05) is 18.5 Å². The Bertz CT molecular complexity index is 539. The summed E-state index contributed by atoms with van der Waals surface area (Å²) in [7, 11) is 1.91. The van der Waals surface area contributed by atoms with E-state index in [1.807, 2.05) is 42.3 Å². The summed E-state index contributed by atoms with van der Waals surface area (Å²) < 4.78 is 26.2. The van der Waals surface area contributed by atoms with Gasteiger partial charge < -0.3 is 10.0 Å². The van der Waals surface area contributed by atoms with Gasteiger partial charge in [-0.3, -0.25) is 0 Å². The zero-order valence-corrected chi connectivity index (χ0v) is 11.3. The maximum Gasteiger partial charge on any atom is 0.126 e. The van der Waals surface area contributed by atoms with Crippen LogP contribution >= 0.6 is 0 Å². The van der Waals surface area contributed by atoms with Gasteiger partial charge >= 0.3 is 0 Å². The Balaban J connectivity index is 1.96. The van der Waals surface area contributed by atoms with Crippen molar-refractivity contribution in [2.24, 2.45) is 0 Å². The lowest BCUT2D eigenvalue weighted by atomic mass is 10.1. The molecule has 20 heavy (non-hydrogen) atoms. The molecule has 0 aliphatic carbocycles. The van der Waals surface area contributed by atoms with Crippen LogP contribution in [0.2, 0.25) is 0 Å². The smallest absolute Gasteiger partial charge is 0.126 e. The van der Waals surface area contributed by atoms with Gasteiger partial charge in [0.05, 0.1) is 6.10 Å². The van der Waals surface area contributed by atoms with Crippen molar-refractivity contribution in [1.82, 2.24) is 0 Å². The number of rotatable bonds is 5. The molecule has 0 aliphatic rings. The maximum absolute atomic E-state index is 13.1. The molecule has 2 aromatic rings. The molecule has 0 spiro atoms. The summed E-state index contributed by atoms with van der Waals surface area (Å²) in [6.45, 7) is 0.587. The van der Waals surface area contributed by atoms with Crippen LogP contribution in [0.1, 0.15) is 18.1 Å². The fourth-order valence-electron chi connectivity index (χ4n) is 2.06. The van der Waals surface area contributed by atoms with Crippen LogP contribution in [0.5, 0.6) is 0 Å². The summed E-state index contributed by atoms with van der Waals surface area (Å²) in [6, 6.07) is 12.9. The molecule has 0 saturated carbocycles. The molecular weight excluding hydrogens is 260 g/mol. The molecule has 106 valence electrons. The van der Waals surface area contributed by atoms with E-state index >= 15 is 0 Å². The number of hydrogen-bond acceptors (Lipinski definition) is 2. The summed E-state index contributed by atoms with van der Waals surface area (Å²) in [5, 5.41) is 10.0. The minimum absolute atomic E-state index is 0.268. The normalized spacial score (nSPS) is 12.2. The van der Waals surface area contributed by atoms with E-state index in [-0.39, 0.29) is 5.56 Å². The third kappa shape index (κ3) is 3.78. The van der Waals surface area contributed by atoms with Crippen LogP contribution in [0.3, 0.4) is 0 Å². The Morgan fingerprint density at radius 2 is 1.65 bits per heavy atom. The third-order valence-electron chi connectivity index (χ3n) is 3.20. The molecule has 0 radical (unpaired) electrons. The largest absolute Gasteiger partial charge is 0.388 e. The van der Waals surface area contributed by atoms with Crippen LogP contribution in [0.25, 0.3) is 0 Å². The number of anilines is 1. The zero-order chi connectivity index (χ0) is 14.5. The van der Waals surface area contributed by atoms with Crippen molar-refractivity contribution >= 4 is 5.69 Å². The van der Waals surface area contributed by atoms with Gasteiger partial charge in [-0.15, -0.1) is 0 Å². The van der Waals surface area contributed by atoms with Gasteiger partial charge in [-0.25, -0.2) is 8.78 Å². The highest BCUT2D eigenvalue weighted by molar-refractivity contribution is 5.44. The molecule has 4 heteroatoms. The van der Waals surface area contributed by atoms with Crippen molar-refractivity contribution < 1.29 is 13.9 Å². The van der Waals surface area contributed by atoms with Crippen LogP contribution in [-0.2, 0) is 0 Å².